The summed E-state index contributed by atoms with van der Waals surface area (Å²) in [6, 6.07) is 8.55. The van der Waals surface area contributed by atoms with Crippen molar-refractivity contribution in [3.63, 3.8) is 0 Å². The Balaban J connectivity index is 1.67. The molecule has 1 aliphatic carbocycles. The van der Waals surface area contributed by atoms with E-state index < -0.39 is 0 Å². The molecule has 1 heterocycles. The number of aromatic nitrogens is 1. The van der Waals surface area contributed by atoms with E-state index in [4.69, 9.17) is 0 Å². The van der Waals surface area contributed by atoms with Gasteiger partial charge in [0, 0.05) is 10.7 Å². The molecule has 0 saturated heterocycles. The number of pyridine rings is 1. The van der Waals surface area contributed by atoms with Crippen LogP contribution in [0.15, 0.2) is 41.0 Å². The van der Waals surface area contributed by atoms with E-state index in [1.807, 2.05) is 12.1 Å². The molecule has 1 aromatic carbocycles. The van der Waals surface area contributed by atoms with Crippen LogP contribution in [0, 0.1) is 5.82 Å². The third-order valence-corrected chi connectivity index (χ3v) is 3.96. The predicted molar refractivity (Wildman–Crippen MR) is 82.6 cm³/mol. The summed E-state index contributed by atoms with van der Waals surface area (Å²) in [6.07, 6.45) is 4.08. The van der Waals surface area contributed by atoms with Crippen LogP contribution in [0.1, 0.15) is 29.9 Å². The molecule has 0 bridgehead atoms. The second kappa shape index (κ2) is 5.93. The average molecular weight is 349 g/mol. The maximum atomic E-state index is 13.7. The number of rotatable bonds is 4. The maximum Gasteiger partial charge on any atom is 0.230 e. The molecule has 1 aliphatic rings. The lowest BCUT2D eigenvalue weighted by Gasteiger charge is -2.07. The van der Waals surface area contributed by atoms with Gasteiger partial charge in [0.05, 0.1) is 6.42 Å². The second-order valence-corrected chi connectivity index (χ2v) is 6.13. The van der Waals surface area contributed by atoms with E-state index in [1.54, 1.807) is 18.3 Å². The average Bonchev–Trinajstić information content (AvgIpc) is 3.27. The molecule has 0 atom stereocenters. The number of nitrogens with one attached hydrogen (secondary N) is 1. The molecule has 1 aromatic heterocycles. The molecule has 21 heavy (non-hydrogen) atoms. The minimum Gasteiger partial charge on any atom is -0.310 e. The Morgan fingerprint density at radius 2 is 2.14 bits per heavy atom. The van der Waals surface area contributed by atoms with Crippen molar-refractivity contribution in [1.29, 1.82) is 0 Å². The summed E-state index contributed by atoms with van der Waals surface area (Å²) in [6.45, 7) is 0. The van der Waals surface area contributed by atoms with Crippen LogP contribution in [-0.4, -0.2) is 10.9 Å². The first kappa shape index (κ1) is 14.2. The third-order valence-electron chi connectivity index (χ3n) is 3.47. The van der Waals surface area contributed by atoms with Crippen LogP contribution in [0.25, 0.3) is 0 Å². The first-order valence-corrected chi connectivity index (χ1v) is 7.61. The number of carbonyl (C=O) groups excluding carboxylic acids is 1. The van der Waals surface area contributed by atoms with Crippen molar-refractivity contribution in [2.45, 2.75) is 25.2 Å². The number of halogens is 2. The van der Waals surface area contributed by atoms with Gasteiger partial charge in [0.15, 0.2) is 0 Å². The summed E-state index contributed by atoms with van der Waals surface area (Å²) in [5, 5.41) is 2.73. The number of benzene rings is 1. The smallest absolute Gasteiger partial charge is 0.230 e. The van der Waals surface area contributed by atoms with Gasteiger partial charge in [-0.05, 0) is 54.2 Å². The van der Waals surface area contributed by atoms with Crippen molar-refractivity contribution in [2.24, 2.45) is 0 Å². The Bertz CT molecular complexity index is 686. The van der Waals surface area contributed by atoms with Crippen molar-refractivity contribution in [2.75, 3.05) is 5.32 Å². The van der Waals surface area contributed by atoms with Crippen LogP contribution < -0.4 is 5.32 Å². The molecule has 108 valence electrons. The zero-order valence-electron chi connectivity index (χ0n) is 11.3. The summed E-state index contributed by atoms with van der Waals surface area (Å²) < 4.78 is 14.4. The van der Waals surface area contributed by atoms with Gasteiger partial charge in [-0.25, -0.2) is 9.37 Å². The Labute approximate surface area is 130 Å². The second-order valence-electron chi connectivity index (χ2n) is 5.21. The van der Waals surface area contributed by atoms with Crippen molar-refractivity contribution in [3.8, 4) is 0 Å². The van der Waals surface area contributed by atoms with Crippen LogP contribution in [0.5, 0.6) is 0 Å². The van der Waals surface area contributed by atoms with E-state index in [9.17, 15) is 9.18 Å². The van der Waals surface area contributed by atoms with Crippen LogP contribution in [0.3, 0.4) is 0 Å². The highest BCUT2D eigenvalue weighted by Crippen LogP contribution is 2.40. The molecule has 1 amide bonds. The molecule has 1 fully saturated rings. The highest BCUT2D eigenvalue weighted by molar-refractivity contribution is 9.10. The summed E-state index contributed by atoms with van der Waals surface area (Å²) in [5.74, 6) is 0.477. The number of amides is 1. The maximum absolute atomic E-state index is 13.7. The zero-order chi connectivity index (χ0) is 14.8. The fourth-order valence-electron chi connectivity index (χ4n) is 2.21. The molecular formula is C16H14BrFN2O. The van der Waals surface area contributed by atoms with Crippen molar-refractivity contribution < 1.29 is 9.18 Å². The van der Waals surface area contributed by atoms with Crippen LogP contribution in [0.4, 0.5) is 10.2 Å². The number of anilines is 1. The molecule has 3 rings (SSSR count). The van der Waals surface area contributed by atoms with Gasteiger partial charge in [0.1, 0.15) is 11.6 Å². The predicted octanol–water partition coefficient (Wildman–Crippen LogP) is 4.04. The van der Waals surface area contributed by atoms with E-state index in [1.165, 1.54) is 24.5 Å². The lowest BCUT2D eigenvalue weighted by Crippen LogP contribution is -2.16. The molecule has 0 radical (unpaired) electrons. The normalized spacial score (nSPS) is 14.0. The summed E-state index contributed by atoms with van der Waals surface area (Å²) >= 11 is 3.19. The first-order valence-electron chi connectivity index (χ1n) is 6.81. The summed E-state index contributed by atoms with van der Waals surface area (Å²) in [7, 11) is 0. The quantitative estimate of drug-likeness (QED) is 0.905. The Hall–Kier alpha value is -1.75. The number of carbonyl (C=O) groups is 1. The van der Waals surface area contributed by atoms with E-state index in [-0.39, 0.29) is 18.1 Å². The fourth-order valence-corrected chi connectivity index (χ4v) is 2.54. The largest absolute Gasteiger partial charge is 0.310 e. The van der Waals surface area contributed by atoms with Gasteiger partial charge in [-0.2, -0.15) is 0 Å². The molecule has 5 heteroatoms. The molecule has 0 aliphatic heterocycles. The molecule has 1 saturated carbocycles. The van der Waals surface area contributed by atoms with Crippen molar-refractivity contribution in [1.82, 2.24) is 4.98 Å². The summed E-state index contributed by atoms with van der Waals surface area (Å²) in [5.41, 5.74) is 1.57. The number of hydrogen-bond donors (Lipinski definition) is 1. The minimum atomic E-state index is -0.390. The van der Waals surface area contributed by atoms with Crippen LogP contribution in [-0.2, 0) is 11.2 Å². The molecule has 3 nitrogen and oxygen atoms in total. The first-order chi connectivity index (χ1) is 10.1. The van der Waals surface area contributed by atoms with Gasteiger partial charge in [-0.3, -0.25) is 4.79 Å². The van der Waals surface area contributed by atoms with E-state index in [0.717, 1.165) is 0 Å². The Morgan fingerprint density at radius 1 is 1.33 bits per heavy atom. The van der Waals surface area contributed by atoms with Crippen LogP contribution in [0.2, 0.25) is 0 Å². The van der Waals surface area contributed by atoms with E-state index >= 15 is 0 Å². The van der Waals surface area contributed by atoms with Gasteiger partial charge in [-0.15, -0.1) is 0 Å². The van der Waals surface area contributed by atoms with Gasteiger partial charge in [0.25, 0.3) is 0 Å². The molecule has 1 N–H and O–H groups in total. The SMILES string of the molecule is O=C(Cc1ccc(Br)cc1F)Nc1cc(C2CC2)ccn1. The van der Waals surface area contributed by atoms with Gasteiger partial charge >= 0.3 is 0 Å². The monoisotopic (exact) mass is 348 g/mol. The number of nitrogens with zero attached hydrogens (tertiary/aromatic N) is 1. The van der Waals surface area contributed by atoms with E-state index in [2.05, 4.69) is 26.2 Å². The van der Waals surface area contributed by atoms with Gasteiger partial charge in [0.2, 0.25) is 5.91 Å². The highest BCUT2D eigenvalue weighted by Gasteiger charge is 2.23. The standard InChI is InChI=1S/C16H14BrFN2O/c17-13-4-3-12(14(18)9-13)8-16(21)20-15-7-11(5-6-19-15)10-1-2-10/h3-7,9-10H,1-2,8H2,(H,19,20,21). The third kappa shape index (κ3) is 3.67. The molecule has 0 spiro atoms. The van der Waals surface area contributed by atoms with Gasteiger partial charge in [-0.1, -0.05) is 22.0 Å². The minimum absolute atomic E-state index is 0.00551. The highest BCUT2D eigenvalue weighted by atomic mass is 79.9. The molecule has 0 unspecified atom stereocenters. The summed E-state index contributed by atoms with van der Waals surface area (Å²) in [4.78, 5) is 16.1. The van der Waals surface area contributed by atoms with Gasteiger partial charge < -0.3 is 5.32 Å². The topological polar surface area (TPSA) is 42.0 Å². The molecule has 2 aromatic rings. The van der Waals surface area contributed by atoms with Crippen molar-refractivity contribution >= 4 is 27.7 Å². The fraction of sp³-hybridized carbons (Fsp3) is 0.250. The lowest BCUT2D eigenvalue weighted by atomic mass is 10.1. The number of hydrogen-bond acceptors (Lipinski definition) is 2. The van der Waals surface area contributed by atoms with Crippen LogP contribution >= 0.6 is 15.9 Å². The Morgan fingerprint density at radius 3 is 2.86 bits per heavy atom. The molecular weight excluding hydrogens is 335 g/mol. The van der Waals surface area contributed by atoms with E-state index in [0.29, 0.717) is 21.8 Å². The lowest BCUT2D eigenvalue weighted by molar-refractivity contribution is -0.115. The van der Waals surface area contributed by atoms with Crippen molar-refractivity contribution in [3.05, 3.63) is 57.9 Å². The zero-order valence-corrected chi connectivity index (χ0v) is 12.9. The Kier molecular flexibility index (Phi) is 4.01.